The van der Waals surface area contributed by atoms with E-state index in [2.05, 4.69) is 24.0 Å². The number of hydrogen-bond donors (Lipinski definition) is 2. The third-order valence-corrected chi connectivity index (χ3v) is 6.92. The van der Waals surface area contributed by atoms with Gasteiger partial charge in [-0.2, -0.15) is 5.10 Å². The Balaban J connectivity index is 1.62. The van der Waals surface area contributed by atoms with E-state index in [0.29, 0.717) is 52.3 Å². The van der Waals surface area contributed by atoms with Crippen LogP contribution in [-0.4, -0.2) is 39.8 Å². The summed E-state index contributed by atoms with van der Waals surface area (Å²) in [6.07, 6.45) is 2.53. The fraction of sp³-hybridized carbons (Fsp3) is 0.333. The number of fused-ring (bicyclic) bond motifs is 1. The summed E-state index contributed by atoms with van der Waals surface area (Å²) >= 11 is 0. The average molecular weight is 516 g/mol. The quantitative estimate of drug-likeness (QED) is 0.276. The normalized spacial score (nSPS) is 14.8. The van der Waals surface area contributed by atoms with Crippen LogP contribution in [0.1, 0.15) is 64.8 Å². The molecule has 0 spiro atoms. The molecule has 0 bridgehead atoms. The molecule has 1 aliphatic rings. The van der Waals surface area contributed by atoms with Gasteiger partial charge in [0.25, 0.3) is 5.91 Å². The molecule has 0 radical (unpaired) electrons. The van der Waals surface area contributed by atoms with E-state index < -0.39 is 6.04 Å². The number of aromatic nitrogens is 2. The third-order valence-electron chi connectivity index (χ3n) is 6.92. The van der Waals surface area contributed by atoms with Crippen molar-refractivity contribution in [2.75, 3.05) is 13.7 Å². The predicted octanol–water partition coefficient (Wildman–Crippen LogP) is 6.17. The van der Waals surface area contributed by atoms with Crippen molar-refractivity contribution in [1.82, 2.24) is 15.1 Å². The van der Waals surface area contributed by atoms with Crippen molar-refractivity contribution in [3.63, 3.8) is 0 Å². The van der Waals surface area contributed by atoms with Crippen molar-refractivity contribution < 1.29 is 23.8 Å². The minimum absolute atomic E-state index is 0.124. The summed E-state index contributed by atoms with van der Waals surface area (Å²) in [6.45, 7) is 9.03. The van der Waals surface area contributed by atoms with Gasteiger partial charge in [-0.05, 0) is 73.2 Å². The van der Waals surface area contributed by atoms with Crippen LogP contribution in [0, 0.1) is 19.8 Å². The van der Waals surface area contributed by atoms with Gasteiger partial charge in [0.15, 0.2) is 11.5 Å². The van der Waals surface area contributed by atoms with Gasteiger partial charge in [0, 0.05) is 11.1 Å². The first-order chi connectivity index (χ1) is 18.3. The van der Waals surface area contributed by atoms with Crippen LogP contribution in [-0.2, 0) is 6.54 Å². The monoisotopic (exact) mass is 515 g/mol. The largest absolute Gasteiger partial charge is 0.507 e. The predicted molar refractivity (Wildman–Crippen MR) is 144 cm³/mol. The molecule has 2 aromatic heterocycles. The first-order valence-electron chi connectivity index (χ1n) is 12.8. The number of H-pyrrole nitrogens is 1. The Morgan fingerprint density at radius 2 is 1.97 bits per heavy atom. The van der Waals surface area contributed by atoms with Gasteiger partial charge in [0.1, 0.15) is 22.9 Å². The maximum absolute atomic E-state index is 13.7. The second-order valence-electron chi connectivity index (χ2n) is 10.2. The van der Waals surface area contributed by atoms with E-state index in [0.717, 1.165) is 23.1 Å². The van der Waals surface area contributed by atoms with Crippen LogP contribution in [0.2, 0.25) is 0 Å². The lowest BCUT2D eigenvalue weighted by molar-refractivity contribution is 0.0716. The number of nitrogens with zero attached hydrogens (tertiary/aromatic N) is 2. The molecule has 1 amide bonds. The maximum Gasteiger partial charge on any atom is 0.273 e. The van der Waals surface area contributed by atoms with E-state index in [1.807, 2.05) is 44.2 Å². The number of methoxy groups -OCH3 is 1. The Hall–Kier alpha value is -4.20. The Labute approximate surface area is 222 Å². The Morgan fingerprint density at radius 3 is 2.66 bits per heavy atom. The SMILES string of the molecule is COc1cc(C2c3c(-c4c(C)cc(C)cc4O)n[nH]c3C(=O)N2Cc2ccco2)ccc1OCCC(C)C. The Kier molecular flexibility index (Phi) is 6.89. The highest BCUT2D eigenvalue weighted by Gasteiger charge is 2.43. The topological polar surface area (TPSA) is 101 Å². The minimum Gasteiger partial charge on any atom is -0.507 e. The smallest absolute Gasteiger partial charge is 0.273 e. The molecule has 38 heavy (non-hydrogen) atoms. The fourth-order valence-corrected chi connectivity index (χ4v) is 5.10. The van der Waals surface area contributed by atoms with Crippen molar-refractivity contribution in [3.05, 3.63) is 82.4 Å². The van der Waals surface area contributed by atoms with Gasteiger partial charge in [-0.15, -0.1) is 0 Å². The van der Waals surface area contributed by atoms with Crippen LogP contribution in [0.3, 0.4) is 0 Å². The molecule has 2 aromatic carbocycles. The molecule has 3 heterocycles. The van der Waals surface area contributed by atoms with Gasteiger partial charge < -0.3 is 23.9 Å². The second-order valence-corrected chi connectivity index (χ2v) is 10.2. The van der Waals surface area contributed by atoms with Gasteiger partial charge in [0.05, 0.1) is 32.6 Å². The molecule has 0 aliphatic carbocycles. The van der Waals surface area contributed by atoms with Crippen LogP contribution in [0.15, 0.2) is 53.1 Å². The van der Waals surface area contributed by atoms with E-state index in [1.165, 1.54) is 0 Å². The molecule has 1 unspecified atom stereocenters. The lowest BCUT2D eigenvalue weighted by atomic mass is 9.93. The van der Waals surface area contributed by atoms with Crippen LogP contribution < -0.4 is 9.47 Å². The second kappa shape index (κ2) is 10.3. The number of aromatic hydroxyl groups is 1. The first kappa shape index (κ1) is 25.4. The first-order valence-corrected chi connectivity index (χ1v) is 12.8. The zero-order valence-electron chi connectivity index (χ0n) is 22.4. The number of benzene rings is 2. The molecule has 2 N–H and O–H groups in total. The number of aromatic amines is 1. The van der Waals surface area contributed by atoms with Crippen LogP contribution in [0.4, 0.5) is 0 Å². The molecular weight excluding hydrogens is 482 g/mol. The molecule has 0 fully saturated rings. The molecule has 0 saturated carbocycles. The van der Waals surface area contributed by atoms with Gasteiger partial charge in [-0.1, -0.05) is 26.0 Å². The maximum atomic E-state index is 13.7. The highest BCUT2D eigenvalue weighted by Crippen LogP contribution is 2.47. The van der Waals surface area contributed by atoms with Gasteiger partial charge in [-0.25, -0.2) is 0 Å². The van der Waals surface area contributed by atoms with Gasteiger partial charge in [-0.3, -0.25) is 9.89 Å². The van der Waals surface area contributed by atoms with Crippen molar-refractivity contribution >= 4 is 5.91 Å². The molecule has 1 aliphatic heterocycles. The number of amides is 1. The molecule has 0 saturated heterocycles. The number of nitrogens with one attached hydrogen (secondary N) is 1. The Bertz CT molecular complexity index is 1430. The highest BCUT2D eigenvalue weighted by atomic mass is 16.5. The fourth-order valence-electron chi connectivity index (χ4n) is 5.10. The molecule has 5 rings (SSSR count). The number of hydrogen-bond acceptors (Lipinski definition) is 6. The van der Waals surface area contributed by atoms with Crippen LogP contribution in [0.5, 0.6) is 17.2 Å². The van der Waals surface area contributed by atoms with E-state index >= 15 is 0 Å². The number of carbonyl (C=O) groups excluding carboxylic acids is 1. The molecule has 4 aromatic rings. The standard InChI is InChI=1S/C30H33N3O5/c1-17(2)10-12-38-23-9-8-20(15-24(23)36-5)29-26-27(25-19(4)13-18(3)14-22(25)34)31-32-28(26)30(35)33(29)16-21-7-6-11-37-21/h6-9,11,13-15,17,29,34H,10,12,16H2,1-5H3,(H,31,32). The summed E-state index contributed by atoms with van der Waals surface area (Å²) in [5.41, 5.74) is 4.91. The van der Waals surface area contributed by atoms with E-state index in [-0.39, 0.29) is 18.2 Å². The molecule has 8 heteroatoms. The summed E-state index contributed by atoms with van der Waals surface area (Å²) < 4.78 is 17.3. The summed E-state index contributed by atoms with van der Waals surface area (Å²) in [6, 6.07) is 12.6. The number of rotatable bonds is 9. The van der Waals surface area contributed by atoms with Crippen molar-refractivity contribution in [2.45, 2.75) is 46.7 Å². The van der Waals surface area contributed by atoms with Crippen molar-refractivity contribution in [1.29, 1.82) is 0 Å². The van der Waals surface area contributed by atoms with E-state index in [4.69, 9.17) is 13.9 Å². The number of phenols is 1. The summed E-state index contributed by atoms with van der Waals surface area (Å²) in [4.78, 5) is 15.4. The third kappa shape index (κ3) is 4.62. The number of phenolic OH excluding ortho intramolecular Hbond substituents is 1. The number of carbonyl (C=O) groups is 1. The van der Waals surface area contributed by atoms with E-state index in [1.54, 1.807) is 30.4 Å². The zero-order valence-corrected chi connectivity index (χ0v) is 22.4. The molecule has 8 nitrogen and oxygen atoms in total. The lowest BCUT2D eigenvalue weighted by Gasteiger charge is -2.26. The Morgan fingerprint density at radius 1 is 1.16 bits per heavy atom. The highest BCUT2D eigenvalue weighted by molar-refractivity contribution is 6.00. The van der Waals surface area contributed by atoms with E-state index in [9.17, 15) is 9.90 Å². The average Bonchev–Trinajstić information content (AvgIpc) is 3.59. The van der Waals surface area contributed by atoms with Gasteiger partial charge in [0.2, 0.25) is 0 Å². The number of ether oxygens (including phenoxy) is 2. The van der Waals surface area contributed by atoms with Crippen molar-refractivity contribution in [2.24, 2.45) is 5.92 Å². The zero-order chi connectivity index (χ0) is 27.0. The summed E-state index contributed by atoms with van der Waals surface area (Å²) in [5, 5.41) is 18.4. The minimum atomic E-state index is -0.491. The number of furan rings is 1. The molecule has 198 valence electrons. The summed E-state index contributed by atoms with van der Waals surface area (Å²) in [5.74, 6) is 2.36. The van der Waals surface area contributed by atoms with Crippen molar-refractivity contribution in [3.8, 4) is 28.5 Å². The van der Waals surface area contributed by atoms with Crippen LogP contribution in [0.25, 0.3) is 11.3 Å². The van der Waals surface area contributed by atoms with Gasteiger partial charge >= 0.3 is 0 Å². The lowest BCUT2D eigenvalue weighted by Crippen LogP contribution is -2.29. The molecular formula is C30H33N3O5. The molecule has 1 atom stereocenters. The van der Waals surface area contributed by atoms with Crippen LogP contribution >= 0.6 is 0 Å². The summed E-state index contributed by atoms with van der Waals surface area (Å²) in [7, 11) is 1.61. The number of aryl methyl sites for hydroxylation is 2.